The van der Waals surface area contributed by atoms with Crippen molar-refractivity contribution in [3.8, 4) is 5.75 Å². The molecule has 3 heteroatoms. The average Bonchev–Trinajstić information content (AvgIpc) is 2.25. The summed E-state index contributed by atoms with van der Waals surface area (Å²) in [6.45, 7) is 0.752. The standard InChI is InChI=1S/C15H20BrNO/c16-13-9-11(15(10-17)7-2-8-15)5-6-14(13)18-12-3-1-4-12/h5-6,9,12H,1-4,7-8,10,17H2. The van der Waals surface area contributed by atoms with Crippen LogP contribution in [0.4, 0.5) is 0 Å². The Kier molecular flexibility index (Phi) is 3.37. The van der Waals surface area contributed by atoms with Crippen molar-refractivity contribution in [1.29, 1.82) is 0 Å². The van der Waals surface area contributed by atoms with Gasteiger partial charge in [0, 0.05) is 12.0 Å². The Morgan fingerprint density at radius 3 is 2.50 bits per heavy atom. The van der Waals surface area contributed by atoms with Crippen molar-refractivity contribution >= 4 is 15.9 Å². The predicted molar refractivity (Wildman–Crippen MR) is 77.0 cm³/mol. The van der Waals surface area contributed by atoms with Crippen molar-refractivity contribution in [2.45, 2.75) is 50.0 Å². The minimum absolute atomic E-state index is 0.234. The molecule has 98 valence electrons. The summed E-state index contributed by atoms with van der Waals surface area (Å²) in [6, 6.07) is 6.51. The summed E-state index contributed by atoms with van der Waals surface area (Å²) in [5, 5.41) is 0. The maximum atomic E-state index is 5.96. The van der Waals surface area contributed by atoms with Gasteiger partial charge in [-0.2, -0.15) is 0 Å². The van der Waals surface area contributed by atoms with E-state index in [0.29, 0.717) is 6.10 Å². The number of nitrogens with two attached hydrogens (primary N) is 1. The number of hydrogen-bond acceptors (Lipinski definition) is 2. The van der Waals surface area contributed by atoms with Crippen molar-refractivity contribution in [3.63, 3.8) is 0 Å². The van der Waals surface area contributed by atoms with Gasteiger partial charge in [-0.15, -0.1) is 0 Å². The van der Waals surface area contributed by atoms with Crippen LogP contribution in [-0.2, 0) is 5.41 Å². The van der Waals surface area contributed by atoms with E-state index in [1.807, 2.05) is 0 Å². The quantitative estimate of drug-likeness (QED) is 0.919. The molecular formula is C15H20BrNO. The van der Waals surface area contributed by atoms with Crippen LogP contribution in [0.2, 0.25) is 0 Å². The molecule has 2 saturated carbocycles. The number of ether oxygens (including phenoxy) is 1. The Morgan fingerprint density at radius 1 is 1.28 bits per heavy atom. The molecule has 2 N–H and O–H groups in total. The maximum Gasteiger partial charge on any atom is 0.133 e. The minimum atomic E-state index is 0.234. The van der Waals surface area contributed by atoms with Gasteiger partial charge in [-0.25, -0.2) is 0 Å². The Labute approximate surface area is 117 Å². The van der Waals surface area contributed by atoms with E-state index >= 15 is 0 Å². The van der Waals surface area contributed by atoms with E-state index in [1.54, 1.807) is 0 Å². The van der Waals surface area contributed by atoms with Gasteiger partial charge in [-0.05, 0) is 65.7 Å². The average molecular weight is 310 g/mol. The Hall–Kier alpha value is -0.540. The highest BCUT2D eigenvalue weighted by Gasteiger charge is 2.37. The van der Waals surface area contributed by atoms with E-state index in [4.69, 9.17) is 10.5 Å². The van der Waals surface area contributed by atoms with Crippen molar-refractivity contribution < 1.29 is 4.74 Å². The van der Waals surface area contributed by atoms with Gasteiger partial charge in [0.05, 0.1) is 10.6 Å². The van der Waals surface area contributed by atoms with Crippen LogP contribution in [0.1, 0.15) is 44.1 Å². The zero-order chi connectivity index (χ0) is 12.6. The molecule has 18 heavy (non-hydrogen) atoms. The summed E-state index contributed by atoms with van der Waals surface area (Å²) in [6.07, 6.45) is 7.87. The topological polar surface area (TPSA) is 35.2 Å². The van der Waals surface area contributed by atoms with Gasteiger partial charge in [0.1, 0.15) is 5.75 Å². The molecule has 3 rings (SSSR count). The molecule has 0 saturated heterocycles. The first-order valence-electron chi connectivity index (χ1n) is 6.90. The van der Waals surface area contributed by atoms with Crippen molar-refractivity contribution in [2.24, 2.45) is 5.73 Å². The molecule has 0 radical (unpaired) electrons. The highest BCUT2D eigenvalue weighted by molar-refractivity contribution is 9.10. The van der Waals surface area contributed by atoms with Crippen LogP contribution in [0.15, 0.2) is 22.7 Å². The molecule has 0 atom stereocenters. The molecule has 0 aromatic heterocycles. The van der Waals surface area contributed by atoms with Crippen molar-refractivity contribution in [2.75, 3.05) is 6.54 Å². The van der Waals surface area contributed by atoms with E-state index in [2.05, 4.69) is 34.1 Å². The number of benzene rings is 1. The second-order valence-corrected chi connectivity index (χ2v) is 6.51. The third-order valence-electron chi connectivity index (χ3n) is 4.59. The van der Waals surface area contributed by atoms with Crippen molar-refractivity contribution in [3.05, 3.63) is 28.2 Å². The Morgan fingerprint density at radius 2 is 2.06 bits per heavy atom. The summed E-state index contributed by atoms with van der Waals surface area (Å²) in [7, 11) is 0. The Balaban J connectivity index is 1.79. The van der Waals surface area contributed by atoms with Crippen LogP contribution >= 0.6 is 15.9 Å². The number of hydrogen-bond donors (Lipinski definition) is 1. The molecule has 0 aliphatic heterocycles. The predicted octanol–water partition coefficient (Wildman–Crippen LogP) is 3.76. The zero-order valence-electron chi connectivity index (χ0n) is 10.6. The van der Waals surface area contributed by atoms with E-state index < -0.39 is 0 Å². The molecule has 0 amide bonds. The van der Waals surface area contributed by atoms with Crippen molar-refractivity contribution in [1.82, 2.24) is 0 Å². The maximum absolute atomic E-state index is 5.96. The summed E-state index contributed by atoms with van der Waals surface area (Å²) in [5.41, 5.74) is 7.55. The van der Waals surface area contributed by atoms with E-state index in [1.165, 1.54) is 44.1 Å². The number of halogens is 1. The van der Waals surface area contributed by atoms with E-state index in [-0.39, 0.29) is 5.41 Å². The van der Waals surface area contributed by atoms with Gasteiger partial charge < -0.3 is 10.5 Å². The minimum Gasteiger partial charge on any atom is -0.489 e. The molecule has 0 heterocycles. The zero-order valence-corrected chi connectivity index (χ0v) is 12.2. The van der Waals surface area contributed by atoms with E-state index in [0.717, 1.165) is 16.8 Å². The van der Waals surface area contributed by atoms with Crippen LogP contribution < -0.4 is 10.5 Å². The highest BCUT2D eigenvalue weighted by Crippen LogP contribution is 2.44. The lowest BCUT2D eigenvalue weighted by molar-refractivity contribution is 0.119. The van der Waals surface area contributed by atoms with E-state index in [9.17, 15) is 0 Å². The van der Waals surface area contributed by atoms with Gasteiger partial charge in [0.15, 0.2) is 0 Å². The van der Waals surface area contributed by atoms with Crippen LogP contribution in [0.3, 0.4) is 0 Å². The molecule has 0 bridgehead atoms. The third kappa shape index (κ3) is 2.08. The third-order valence-corrected chi connectivity index (χ3v) is 5.21. The second kappa shape index (κ2) is 4.86. The van der Waals surface area contributed by atoms with Crippen LogP contribution in [0.5, 0.6) is 5.75 Å². The smallest absolute Gasteiger partial charge is 0.133 e. The second-order valence-electron chi connectivity index (χ2n) is 5.65. The monoisotopic (exact) mass is 309 g/mol. The van der Waals surface area contributed by atoms with Crippen LogP contribution in [0.25, 0.3) is 0 Å². The lowest BCUT2D eigenvalue weighted by atomic mass is 9.64. The molecule has 2 aliphatic carbocycles. The normalized spacial score (nSPS) is 22.1. The van der Waals surface area contributed by atoms with Crippen LogP contribution in [0, 0.1) is 0 Å². The fourth-order valence-corrected chi connectivity index (χ4v) is 3.28. The molecule has 2 nitrogen and oxygen atoms in total. The molecule has 1 aromatic rings. The summed E-state index contributed by atoms with van der Waals surface area (Å²) < 4.78 is 7.03. The summed E-state index contributed by atoms with van der Waals surface area (Å²) in [5.74, 6) is 0.981. The SMILES string of the molecule is NCC1(c2ccc(OC3CCC3)c(Br)c2)CCC1. The van der Waals surface area contributed by atoms with Gasteiger partial charge in [0.25, 0.3) is 0 Å². The van der Waals surface area contributed by atoms with Gasteiger partial charge in [0.2, 0.25) is 0 Å². The molecule has 0 spiro atoms. The van der Waals surface area contributed by atoms with Crippen LogP contribution in [-0.4, -0.2) is 12.6 Å². The molecular weight excluding hydrogens is 290 g/mol. The largest absolute Gasteiger partial charge is 0.489 e. The first-order valence-corrected chi connectivity index (χ1v) is 7.70. The van der Waals surface area contributed by atoms with Gasteiger partial charge >= 0.3 is 0 Å². The molecule has 2 aliphatic rings. The fraction of sp³-hybridized carbons (Fsp3) is 0.600. The van der Waals surface area contributed by atoms with Gasteiger partial charge in [-0.1, -0.05) is 12.5 Å². The van der Waals surface area contributed by atoms with Gasteiger partial charge in [-0.3, -0.25) is 0 Å². The molecule has 0 unspecified atom stereocenters. The molecule has 1 aromatic carbocycles. The lowest BCUT2D eigenvalue weighted by Crippen LogP contribution is -2.41. The highest BCUT2D eigenvalue weighted by atomic mass is 79.9. The first kappa shape index (κ1) is 12.5. The summed E-state index contributed by atoms with van der Waals surface area (Å²) in [4.78, 5) is 0. The Bertz CT molecular complexity index is 433. The fourth-order valence-electron chi connectivity index (χ4n) is 2.81. The lowest BCUT2D eigenvalue weighted by Gasteiger charge is -2.41. The first-order chi connectivity index (χ1) is 8.73. The molecule has 2 fully saturated rings. The number of rotatable bonds is 4. The summed E-state index contributed by atoms with van der Waals surface area (Å²) >= 11 is 3.64.